The monoisotopic (exact) mass is 300 g/mol. The van der Waals surface area contributed by atoms with Gasteiger partial charge in [-0.2, -0.15) is 0 Å². The third kappa shape index (κ3) is 2.72. The van der Waals surface area contributed by atoms with Crippen LogP contribution in [0.2, 0.25) is 0 Å². The Bertz CT molecular complexity index is 427. The van der Waals surface area contributed by atoms with Crippen molar-refractivity contribution in [2.75, 3.05) is 7.11 Å². The Hall–Kier alpha value is -1.23. The second kappa shape index (κ2) is 4.96. The van der Waals surface area contributed by atoms with Crippen molar-refractivity contribution in [1.29, 1.82) is 0 Å². The number of benzene rings is 1. The second-order valence-electron chi connectivity index (χ2n) is 4.04. The number of ether oxygens (including phenoxy) is 2. The first-order valence-electron chi connectivity index (χ1n) is 5.33. The molecule has 0 aliphatic heterocycles. The van der Waals surface area contributed by atoms with Crippen LogP contribution in [0, 0.1) is 5.92 Å². The smallest absolute Gasteiger partial charge is 0.306 e. The maximum Gasteiger partial charge on any atom is 0.306 e. The fraction of sp³-hybridized carbons (Fsp3) is 0.417. The van der Waals surface area contributed by atoms with E-state index in [4.69, 9.17) is 14.6 Å². The molecule has 0 heterocycles. The number of aliphatic carboxylic acids is 1. The van der Waals surface area contributed by atoms with Gasteiger partial charge >= 0.3 is 5.97 Å². The normalized spacial score (nSPS) is 22.7. The highest BCUT2D eigenvalue weighted by Gasteiger charge is 2.36. The molecule has 1 aliphatic rings. The van der Waals surface area contributed by atoms with E-state index in [0.717, 1.165) is 10.2 Å². The standard InChI is InChI=1S/C12H13BrO4/c1-16-8-2-3-10(13)11(6-8)17-9-4-7(5-9)12(14)15/h2-3,6-7,9H,4-5H2,1H3,(H,14,15). The van der Waals surface area contributed by atoms with Gasteiger partial charge in [0.15, 0.2) is 0 Å². The molecular weight excluding hydrogens is 288 g/mol. The number of carboxylic acid groups (broad SMARTS) is 1. The molecule has 1 aromatic rings. The summed E-state index contributed by atoms with van der Waals surface area (Å²) in [6.45, 7) is 0. The van der Waals surface area contributed by atoms with Crippen molar-refractivity contribution in [2.24, 2.45) is 5.92 Å². The zero-order valence-corrected chi connectivity index (χ0v) is 10.9. The van der Waals surface area contributed by atoms with Crippen LogP contribution in [-0.4, -0.2) is 24.3 Å². The molecule has 0 unspecified atom stereocenters. The van der Waals surface area contributed by atoms with E-state index in [0.29, 0.717) is 18.6 Å². The third-order valence-electron chi connectivity index (χ3n) is 2.88. The van der Waals surface area contributed by atoms with Crippen molar-refractivity contribution in [2.45, 2.75) is 18.9 Å². The predicted molar refractivity (Wildman–Crippen MR) is 65.5 cm³/mol. The summed E-state index contributed by atoms with van der Waals surface area (Å²) in [6.07, 6.45) is 1.12. The van der Waals surface area contributed by atoms with Crippen LogP contribution >= 0.6 is 15.9 Å². The highest BCUT2D eigenvalue weighted by molar-refractivity contribution is 9.10. The van der Waals surface area contributed by atoms with Crippen molar-refractivity contribution in [3.8, 4) is 11.5 Å². The van der Waals surface area contributed by atoms with Crippen LogP contribution in [0.3, 0.4) is 0 Å². The lowest BCUT2D eigenvalue weighted by Gasteiger charge is -2.32. The molecule has 0 aromatic heterocycles. The second-order valence-corrected chi connectivity index (χ2v) is 4.90. The molecule has 2 rings (SSSR count). The Kier molecular flexibility index (Phi) is 3.57. The Morgan fingerprint density at radius 3 is 2.76 bits per heavy atom. The van der Waals surface area contributed by atoms with E-state index < -0.39 is 5.97 Å². The highest BCUT2D eigenvalue weighted by atomic mass is 79.9. The minimum Gasteiger partial charge on any atom is -0.497 e. The summed E-state index contributed by atoms with van der Waals surface area (Å²) < 4.78 is 11.7. The van der Waals surface area contributed by atoms with Gasteiger partial charge in [0.1, 0.15) is 17.6 Å². The fourth-order valence-corrected chi connectivity index (χ4v) is 2.08. The minimum absolute atomic E-state index is 0.0143. The summed E-state index contributed by atoms with van der Waals surface area (Å²) in [5.74, 6) is 0.412. The number of carbonyl (C=O) groups is 1. The number of hydrogen-bond donors (Lipinski definition) is 1. The molecule has 1 fully saturated rings. The first-order valence-corrected chi connectivity index (χ1v) is 6.12. The molecule has 1 N–H and O–H groups in total. The molecule has 0 atom stereocenters. The van der Waals surface area contributed by atoms with Gasteiger partial charge in [0.25, 0.3) is 0 Å². The van der Waals surface area contributed by atoms with Crippen LogP contribution in [0.1, 0.15) is 12.8 Å². The number of carboxylic acids is 1. The van der Waals surface area contributed by atoms with E-state index in [1.165, 1.54) is 0 Å². The van der Waals surface area contributed by atoms with E-state index in [1.54, 1.807) is 13.2 Å². The van der Waals surface area contributed by atoms with E-state index in [9.17, 15) is 4.79 Å². The van der Waals surface area contributed by atoms with Gasteiger partial charge in [0, 0.05) is 6.07 Å². The van der Waals surface area contributed by atoms with Gasteiger partial charge in [0.05, 0.1) is 17.5 Å². The van der Waals surface area contributed by atoms with Crippen LogP contribution in [0.15, 0.2) is 22.7 Å². The van der Waals surface area contributed by atoms with Crippen LogP contribution in [-0.2, 0) is 4.79 Å². The van der Waals surface area contributed by atoms with Gasteiger partial charge in [-0.1, -0.05) is 0 Å². The third-order valence-corrected chi connectivity index (χ3v) is 3.53. The van der Waals surface area contributed by atoms with Crippen molar-refractivity contribution in [1.82, 2.24) is 0 Å². The molecule has 0 radical (unpaired) electrons. The number of methoxy groups -OCH3 is 1. The Balaban J connectivity index is 1.98. The molecule has 4 nitrogen and oxygen atoms in total. The van der Waals surface area contributed by atoms with Crippen LogP contribution < -0.4 is 9.47 Å². The molecule has 1 aromatic carbocycles. The van der Waals surface area contributed by atoms with E-state index >= 15 is 0 Å². The average molecular weight is 301 g/mol. The van der Waals surface area contributed by atoms with Gasteiger partial charge in [-0.3, -0.25) is 4.79 Å². The maximum atomic E-state index is 10.7. The minimum atomic E-state index is -0.741. The summed E-state index contributed by atoms with van der Waals surface area (Å²) in [5, 5.41) is 8.77. The lowest BCUT2D eigenvalue weighted by atomic mass is 9.82. The lowest BCUT2D eigenvalue weighted by molar-refractivity contribution is -0.147. The molecule has 0 saturated heterocycles. The van der Waals surface area contributed by atoms with E-state index in [-0.39, 0.29) is 12.0 Å². The zero-order valence-electron chi connectivity index (χ0n) is 9.35. The lowest BCUT2D eigenvalue weighted by Crippen LogP contribution is -2.38. The molecule has 0 amide bonds. The Labute approximate surface area is 108 Å². The van der Waals surface area contributed by atoms with Crippen LogP contribution in [0.4, 0.5) is 0 Å². The summed E-state index contributed by atoms with van der Waals surface area (Å²) >= 11 is 3.39. The van der Waals surface area contributed by atoms with Gasteiger partial charge in [-0.05, 0) is 40.9 Å². The topological polar surface area (TPSA) is 55.8 Å². The first kappa shape index (κ1) is 12.2. The summed E-state index contributed by atoms with van der Waals surface area (Å²) in [5.41, 5.74) is 0. The highest BCUT2D eigenvalue weighted by Crippen LogP contribution is 2.36. The van der Waals surface area contributed by atoms with Crippen LogP contribution in [0.5, 0.6) is 11.5 Å². The molecule has 0 bridgehead atoms. The van der Waals surface area contributed by atoms with Crippen molar-refractivity contribution in [3.63, 3.8) is 0 Å². The maximum absolute atomic E-state index is 10.7. The molecule has 1 aliphatic carbocycles. The molecule has 92 valence electrons. The summed E-state index contributed by atoms with van der Waals surface area (Å²) in [6, 6.07) is 5.47. The van der Waals surface area contributed by atoms with Crippen molar-refractivity contribution < 1.29 is 19.4 Å². The molecule has 0 spiro atoms. The van der Waals surface area contributed by atoms with Crippen molar-refractivity contribution >= 4 is 21.9 Å². The van der Waals surface area contributed by atoms with Crippen molar-refractivity contribution in [3.05, 3.63) is 22.7 Å². The van der Waals surface area contributed by atoms with Gasteiger partial charge in [-0.15, -0.1) is 0 Å². The summed E-state index contributed by atoms with van der Waals surface area (Å²) in [4.78, 5) is 10.7. The Morgan fingerprint density at radius 2 is 2.18 bits per heavy atom. The van der Waals surface area contributed by atoms with Gasteiger partial charge in [-0.25, -0.2) is 0 Å². The average Bonchev–Trinajstić information content (AvgIpc) is 2.24. The largest absolute Gasteiger partial charge is 0.497 e. The van der Waals surface area contributed by atoms with E-state index in [2.05, 4.69) is 15.9 Å². The number of rotatable bonds is 4. The molecule has 5 heteroatoms. The molecule has 1 saturated carbocycles. The number of halogens is 1. The Morgan fingerprint density at radius 1 is 1.47 bits per heavy atom. The van der Waals surface area contributed by atoms with Crippen LogP contribution in [0.25, 0.3) is 0 Å². The fourth-order valence-electron chi connectivity index (χ4n) is 1.74. The van der Waals surface area contributed by atoms with Gasteiger partial charge in [0.2, 0.25) is 0 Å². The SMILES string of the molecule is COc1ccc(Br)c(OC2CC(C(=O)O)C2)c1. The summed E-state index contributed by atoms with van der Waals surface area (Å²) in [7, 11) is 1.59. The molecule has 17 heavy (non-hydrogen) atoms. The zero-order chi connectivity index (χ0) is 12.4. The first-order chi connectivity index (χ1) is 8.10. The number of hydrogen-bond acceptors (Lipinski definition) is 3. The predicted octanol–water partition coefficient (Wildman–Crippen LogP) is 2.70. The quantitative estimate of drug-likeness (QED) is 0.929. The van der Waals surface area contributed by atoms with E-state index in [1.807, 2.05) is 12.1 Å². The molecular formula is C12H13BrO4. The van der Waals surface area contributed by atoms with Gasteiger partial charge < -0.3 is 14.6 Å².